The molecule has 1 aromatic carbocycles. The van der Waals surface area contributed by atoms with Gasteiger partial charge < -0.3 is 10.5 Å². The number of nitrogen functional groups attached to an aromatic ring is 1. The second-order valence-electron chi connectivity index (χ2n) is 2.81. The number of carbonyl (C=O) groups is 1. The first-order valence-corrected chi connectivity index (χ1v) is 4.18. The van der Waals surface area contributed by atoms with Gasteiger partial charge in [0.2, 0.25) is 0 Å². The topological polar surface area (TPSA) is 52.3 Å². The van der Waals surface area contributed by atoms with Crippen molar-refractivity contribution in [3.05, 3.63) is 29.3 Å². The fourth-order valence-corrected chi connectivity index (χ4v) is 1.08. The van der Waals surface area contributed by atoms with Crippen molar-refractivity contribution in [3.8, 4) is 0 Å². The van der Waals surface area contributed by atoms with Gasteiger partial charge in [0.1, 0.15) is 0 Å². The van der Waals surface area contributed by atoms with Crippen molar-refractivity contribution in [1.82, 2.24) is 0 Å². The van der Waals surface area contributed by atoms with Crippen molar-refractivity contribution < 1.29 is 9.53 Å². The summed E-state index contributed by atoms with van der Waals surface area (Å²) in [5.41, 5.74) is 7.59. The van der Waals surface area contributed by atoms with Crippen LogP contribution < -0.4 is 5.73 Å². The minimum Gasteiger partial charge on any atom is -0.462 e. The molecule has 2 N–H and O–H groups in total. The highest BCUT2D eigenvalue weighted by molar-refractivity contribution is 5.95. The molecule has 0 aliphatic rings. The number of rotatable bonds is 2. The summed E-state index contributed by atoms with van der Waals surface area (Å²) in [4.78, 5) is 11.3. The predicted octanol–water partition coefficient (Wildman–Crippen LogP) is 1.75. The van der Waals surface area contributed by atoms with Gasteiger partial charge in [0, 0.05) is 5.69 Å². The van der Waals surface area contributed by atoms with E-state index in [1.165, 1.54) is 0 Å². The molecule has 0 saturated carbocycles. The molecule has 0 amide bonds. The summed E-state index contributed by atoms with van der Waals surface area (Å²) in [6.07, 6.45) is 0. The zero-order valence-corrected chi connectivity index (χ0v) is 7.83. The Hall–Kier alpha value is -1.51. The third-order valence-corrected chi connectivity index (χ3v) is 1.70. The minimum absolute atomic E-state index is 0.361. The van der Waals surface area contributed by atoms with Crippen LogP contribution in [0.15, 0.2) is 18.2 Å². The highest BCUT2D eigenvalue weighted by Crippen LogP contribution is 2.14. The first kappa shape index (κ1) is 9.58. The van der Waals surface area contributed by atoms with E-state index in [9.17, 15) is 4.79 Å². The Morgan fingerprint density at radius 2 is 2.23 bits per heavy atom. The van der Waals surface area contributed by atoms with Crippen LogP contribution in [-0.4, -0.2) is 12.6 Å². The van der Waals surface area contributed by atoms with E-state index < -0.39 is 0 Å². The lowest BCUT2D eigenvalue weighted by Crippen LogP contribution is -2.07. The predicted molar refractivity (Wildman–Crippen MR) is 51.5 cm³/mol. The number of benzene rings is 1. The van der Waals surface area contributed by atoms with Crippen molar-refractivity contribution in [3.63, 3.8) is 0 Å². The lowest BCUT2D eigenvalue weighted by atomic mass is 10.1. The Morgan fingerprint density at radius 3 is 2.77 bits per heavy atom. The van der Waals surface area contributed by atoms with Gasteiger partial charge in [-0.2, -0.15) is 0 Å². The van der Waals surface area contributed by atoms with Gasteiger partial charge in [-0.15, -0.1) is 0 Å². The SMILES string of the molecule is CCOC(=O)c1ccc(C)cc1N. The van der Waals surface area contributed by atoms with Crippen LogP contribution in [0, 0.1) is 6.92 Å². The van der Waals surface area contributed by atoms with Crippen LogP contribution in [0.1, 0.15) is 22.8 Å². The number of hydrogen-bond acceptors (Lipinski definition) is 3. The van der Waals surface area contributed by atoms with E-state index in [1.54, 1.807) is 19.1 Å². The second-order valence-corrected chi connectivity index (χ2v) is 2.81. The van der Waals surface area contributed by atoms with Crippen LogP contribution in [0.3, 0.4) is 0 Å². The average molecular weight is 179 g/mol. The van der Waals surface area contributed by atoms with Gasteiger partial charge in [-0.3, -0.25) is 0 Å². The summed E-state index contributed by atoms with van der Waals surface area (Å²) >= 11 is 0. The Labute approximate surface area is 77.5 Å². The normalized spacial score (nSPS) is 9.69. The summed E-state index contributed by atoms with van der Waals surface area (Å²) < 4.78 is 4.83. The lowest BCUT2D eigenvalue weighted by Gasteiger charge is -2.05. The Bertz CT molecular complexity index is 321. The second kappa shape index (κ2) is 3.94. The summed E-state index contributed by atoms with van der Waals surface area (Å²) in [6.45, 7) is 4.06. The fraction of sp³-hybridized carbons (Fsp3) is 0.300. The van der Waals surface area contributed by atoms with Crippen molar-refractivity contribution in [2.75, 3.05) is 12.3 Å². The maximum atomic E-state index is 11.3. The molecule has 0 unspecified atom stereocenters. The third kappa shape index (κ3) is 2.21. The van der Waals surface area contributed by atoms with Crippen molar-refractivity contribution in [1.29, 1.82) is 0 Å². The fourth-order valence-electron chi connectivity index (χ4n) is 1.08. The van der Waals surface area contributed by atoms with Crippen molar-refractivity contribution in [2.45, 2.75) is 13.8 Å². The molecule has 3 heteroatoms. The van der Waals surface area contributed by atoms with Crippen LogP contribution in [-0.2, 0) is 4.74 Å². The molecular weight excluding hydrogens is 166 g/mol. The zero-order valence-electron chi connectivity index (χ0n) is 7.83. The number of anilines is 1. The minimum atomic E-state index is -0.361. The Morgan fingerprint density at radius 1 is 1.54 bits per heavy atom. The zero-order chi connectivity index (χ0) is 9.84. The summed E-state index contributed by atoms with van der Waals surface area (Å²) in [6, 6.07) is 5.28. The number of carbonyl (C=O) groups excluding carboxylic acids is 1. The van der Waals surface area contributed by atoms with Gasteiger partial charge in [-0.1, -0.05) is 6.07 Å². The first-order chi connectivity index (χ1) is 6.15. The van der Waals surface area contributed by atoms with Crippen LogP contribution in [0.2, 0.25) is 0 Å². The quantitative estimate of drug-likeness (QED) is 0.556. The van der Waals surface area contributed by atoms with E-state index in [4.69, 9.17) is 10.5 Å². The van der Waals surface area contributed by atoms with Gasteiger partial charge in [0.25, 0.3) is 0 Å². The van der Waals surface area contributed by atoms with Crippen LogP contribution in [0.5, 0.6) is 0 Å². The van der Waals surface area contributed by atoms with E-state index in [0.29, 0.717) is 17.9 Å². The van der Waals surface area contributed by atoms with Gasteiger partial charge >= 0.3 is 5.97 Å². The molecule has 0 bridgehead atoms. The molecule has 13 heavy (non-hydrogen) atoms. The van der Waals surface area contributed by atoms with Crippen LogP contribution in [0.25, 0.3) is 0 Å². The molecule has 0 spiro atoms. The molecular formula is C10H13NO2. The molecule has 1 aromatic rings. The Balaban J connectivity index is 2.95. The van der Waals surface area contributed by atoms with Crippen molar-refractivity contribution in [2.24, 2.45) is 0 Å². The van der Waals surface area contributed by atoms with Crippen LogP contribution >= 0.6 is 0 Å². The molecule has 70 valence electrons. The maximum absolute atomic E-state index is 11.3. The van der Waals surface area contributed by atoms with Crippen molar-refractivity contribution >= 4 is 11.7 Å². The molecule has 0 saturated heterocycles. The molecule has 0 radical (unpaired) electrons. The standard InChI is InChI=1S/C10H13NO2/c1-3-13-10(12)8-5-4-7(2)6-9(8)11/h4-6H,3,11H2,1-2H3. The first-order valence-electron chi connectivity index (χ1n) is 4.18. The van der Waals surface area contributed by atoms with Gasteiger partial charge in [-0.25, -0.2) is 4.79 Å². The maximum Gasteiger partial charge on any atom is 0.340 e. The largest absolute Gasteiger partial charge is 0.462 e. The average Bonchev–Trinajstić information content (AvgIpc) is 2.04. The summed E-state index contributed by atoms with van der Waals surface area (Å²) in [5, 5.41) is 0. The highest BCUT2D eigenvalue weighted by atomic mass is 16.5. The molecule has 0 aliphatic heterocycles. The van der Waals surface area contributed by atoms with E-state index >= 15 is 0 Å². The highest BCUT2D eigenvalue weighted by Gasteiger charge is 2.09. The number of aryl methyl sites for hydroxylation is 1. The van der Waals surface area contributed by atoms with Gasteiger partial charge in [-0.05, 0) is 31.5 Å². The molecule has 3 nitrogen and oxygen atoms in total. The van der Waals surface area contributed by atoms with E-state index in [1.807, 2.05) is 13.0 Å². The van der Waals surface area contributed by atoms with Crippen LogP contribution in [0.4, 0.5) is 5.69 Å². The molecule has 1 rings (SSSR count). The van der Waals surface area contributed by atoms with E-state index in [0.717, 1.165) is 5.56 Å². The molecule has 0 heterocycles. The number of hydrogen-bond donors (Lipinski definition) is 1. The Kier molecular flexibility index (Phi) is 2.90. The smallest absolute Gasteiger partial charge is 0.340 e. The monoisotopic (exact) mass is 179 g/mol. The summed E-state index contributed by atoms with van der Waals surface area (Å²) in [7, 11) is 0. The van der Waals surface area contributed by atoms with Gasteiger partial charge in [0.05, 0.1) is 12.2 Å². The number of ether oxygens (including phenoxy) is 1. The number of esters is 1. The van der Waals surface area contributed by atoms with Gasteiger partial charge in [0.15, 0.2) is 0 Å². The summed E-state index contributed by atoms with van der Waals surface area (Å²) in [5.74, 6) is -0.361. The molecule has 0 aliphatic carbocycles. The number of nitrogens with two attached hydrogens (primary N) is 1. The van der Waals surface area contributed by atoms with E-state index in [-0.39, 0.29) is 5.97 Å². The lowest BCUT2D eigenvalue weighted by molar-refractivity contribution is 0.0527. The molecule has 0 fully saturated rings. The van der Waals surface area contributed by atoms with E-state index in [2.05, 4.69) is 0 Å². The molecule has 0 atom stereocenters. The molecule has 0 aromatic heterocycles. The third-order valence-electron chi connectivity index (χ3n) is 1.70.